The molecule has 0 saturated carbocycles. The minimum absolute atomic E-state index is 0.583. The van der Waals surface area contributed by atoms with E-state index in [9.17, 15) is 13.2 Å². The quantitative estimate of drug-likeness (QED) is 0.719. The lowest BCUT2D eigenvalue weighted by atomic mass is 10.0. The Hall–Kier alpha value is -1.58. The third kappa shape index (κ3) is 1.87. The zero-order chi connectivity index (χ0) is 11.8. The Morgan fingerprint density at radius 3 is 2.56 bits per heavy atom. The molecule has 4 heteroatoms. The van der Waals surface area contributed by atoms with Crippen LogP contribution in [0, 0.1) is 0 Å². The predicted octanol–water partition coefficient (Wildman–Crippen LogP) is 3.82. The lowest BCUT2D eigenvalue weighted by Crippen LogP contribution is -2.04. The van der Waals surface area contributed by atoms with Crippen LogP contribution < -0.4 is 0 Å². The third-order valence-corrected chi connectivity index (χ3v) is 2.54. The van der Waals surface area contributed by atoms with Crippen LogP contribution in [-0.4, -0.2) is 4.98 Å². The summed E-state index contributed by atoms with van der Waals surface area (Å²) in [6, 6.07) is 5.40. The molecule has 2 rings (SSSR count). The molecule has 1 nitrogen and oxygen atoms in total. The minimum Gasteiger partial charge on any atom is -0.256 e. The highest BCUT2D eigenvalue weighted by molar-refractivity contribution is 5.82. The van der Waals surface area contributed by atoms with Gasteiger partial charge in [0.05, 0.1) is 11.1 Å². The number of benzene rings is 1. The summed E-state index contributed by atoms with van der Waals surface area (Å²) < 4.78 is 37.6. The van der Waals surface area contributed by atoms with Crippen molar-refractivity contribution in [1.82, 2.24) is 4.98 Å². The summed E-state index contributed by atoms with van der Waals surface area (Å²) in [6.45, 7) is 1.91. The molecular formula is C12H10F3N. The average molecular weight is 225 g/mol. The second-order valence-corrected chi connectivity index (χ2v) is 3.55. The van der Waals surface area contributed by atoms with Crippen molar-refractivity contribution < 1.29 is 13.2 Å². The zero-order valence-electron chi connectivity index (χ0n) is 8.67. The van der Waals surface area contributed by atoms with Gasteiger partial charge in [0.25, 0.3) is 0 Å². The number of alkyl halides is 3. The molecule has 0 saturated heterocycles. The summed E-state index contributed by atoms with van der Waals surface area (Å²) in [4.78, 5) is 4.05. The highest BCUT2D eigenvalue weighted by Gasteiger charge is 2.30. The molecule has 0 radical (unpaired) electrons. The number of fused-ring (bicyclic) bond motifs is 1. The second-order valence-electron chi connectivity index (χ2n) is 3.55. The molecule has 1 heterocycles. The molecule has 0 aliphatic heterocycles. The van der Waals surface area contributed by atoms with Gasteiger partial charge in [-0.25, -0.2) is 0 Å². The summed E-state index contributed by atoms with van der Waals surface area (Å²) in [5.41, 5.74) is 0.867. The first kappa shape index (κ1) is 10.9. The fraction of sp³-hybridized carbons (Fsp3) is 0.250. The number of aromatic nitrogens is 1. The van der Waals surface area contributed by atoms with Gasteiger partial charge in [0, 0.05) is 11.6 Å². The molecule has 1 aromatic carbocycles. The molecule has 0 bridgehead atoms. The van der Waals surface area contributed by atoms with E-state index in [-0.39, 0.29) is 0 Å². The molecular weight excluding hydrogens is 215 g/mol. The zero-order valence-corrected chi connectivity index (χ0v) is 8.67. The monoisotopic (exact) mass is 225 g/mol. The second kappa shape index (κ2) is 3.77. The largest absolute Gasteiger partial charge is 0.416 e. The fourth-order valence-corrected chi connectivity index (χ4v) is 1.69. The molecule has 0 amide bonds. The topological polar surface area (TPSA) is 12.9 Å². The minimum atomic E-state index is -4.30. The smallest absolute Gasteiger partial charge is 0.256 e. The van der Waals surface area contributed by atoms with E-state index in [1.807, 2.05) is 6.92 Å². The van der Waals surface area contributed by atoms with E-state index in [1.165, 1.54) is 12.1 Å². The van der Waals surface area contributed by atoms with E-state index in [1.54, 1.807) is 12.3 Å². The first-order valence-electron chi connectivity index (χ1n) is 4.97. The molecule has 0 fully saturated rings. The summed E-state index contributed by atoms with van der Waals surface area (Å²) in [7, 11) is 0. The average Bonchev–Trinajstić information content (AvgIpc) is 2.26. The maximum Gasteiger partial charge on any atom is 0.416 e. The highest BCUT2D eigenvalue weighted by Crippen LogP contribution is 2.31. The van der Waals surface area contributed by atoms with Crippen LogP contribution >= 0.6 is 0 Å². The standard InChI is InChI=1S/C12H10F3N/c1-2-8-5-6-16-11-4-3-9(7-10(8)11)12(13,14)15/h3-7H,2H2,1H3. The molecule has 0 atom stereocenters. The van der Waals surface area contributed by atoms with Crippen LogP contribution in [0.15, 0.2) is 30.5 Å². The Kier molecular flexibility index (Phi) is 2.58. The highest BCUT2D eigenvalue weighted by atomic mass is 19.4. The maximum absolute atomic E-state index is 12.5. The molecule has 84 valence electrons. The summed E-state index contributed by atoms with van der Waals surface area (Å²) in [5, 5.41) is 0.583. The first-order valence-corrected chi connectivity index (χ1v) is 4.97. The number of aryl methyl sites for hydroxylation is 1. The molecule has 0 aliphatic carbocycles. The van der Waals surface area contributed by atoms with Gasteiger partial charge in [-0.2, -0.15) is 13.2 Å². The lowest BCUT2D eigenvalue weighted by molar-refractivity contribution is -0.137. The van der Waals surface area contributed by atoms with Gasteiger partial charge in [0.2, 0.25) is 0 Å². The Labute approximate surface area is 90.9 Å². The molecule has 16 heavy (non-hydrogen) atoms. The van der Waals surface area contributed by atoms with Crippen molar-refractivity contribution in [2.24, 2.45) is 0 Å². The van der Waals surface area contributed by atoms with Gasteiger partial charge in [0.15, 0.2) is 0 Å². The summed E-state index contributed by atoms with van der Waals surface area (Å²) in [6.07, 6.45) is -1.98. The number of halogens is 3. The molecule has 0 unspecified atom stereocenters. The van der Waals surface area contributed by atoms with Crippen molar-refractivity contribution in [2.75, 3.05) is 0 Å². The van der Waals surface area contributed by atoms with Crippen LogP contribution in [0.5, 0.6) is 0 Å². The predicted molar refractivity (Wildman–Crippen MR) is 56.1 cm³/mol. The van der Waals surface area contributed by atoms with Gasteiger partial charge in [-0.1, -0.05) is 6.92 Å². The SMILES string of the molecule is CCc1ccnc2ccc(C(F)(F)F)cc12. The van der Waals surface area contributed by atoms with Crippen LogP contribution in [-0.2, 0) is 12.6 Å². The van der Waals surface area contributed by atoms with Crippen LogP contribution in [0.25, 0.3) is 10.9 Å². The Balaban J connectivity index is 2.68. The number of nitrogens with zero attached hydrogens (tertiary/aromatic N) is 1. The van der Waals surface area contributed by atoms with Gasteiger partial charge in [-0.15, -0.1) is 0 Å². The Morgan fingerprint density at radius 2 is 1.94 bits per heavy atom. The van der Waals surface area contributed by atoms with E-state index < -0.39 is 11.7 Å². The van der Waals surface area contributed by atoms with Crippen molar-refractivity contribution >= 4 is 10.9 Å². The number of hydrogen-bond acceptors (Lipinski definition) is 1. The van der Waals surface area contributed by atoms with Gasteiger partial charge >= 0.3 is 6.18 Å². The molecule has 0 spiro atoms. The first-order chi connectivity index (χ1) is 7.52. The van der Waals surface area contributed by atoms with Crippen LogP contribution in [0.1, 0.15) is 18.1 Å². The van der Waals surface area contributed by atoms with E-state index in [0.717, 1.165) is 11.6 Å². The van der Waals surface area contributed by atoms with Crippen LogP contribution in [0.3, 0.4) is 0 Å². The number of hydrogen-bond donors (Lipinski definition) is 0. The molecule has 2 aromatic rings. The normalized spacial score (nSPS) is 12.0. The molecule has 1 aromatic heterocycles. The van der Waals surface area contributed by atoms with E-state index in [2.05, 4.69) is 4.98 Å². The summed E-state index contributed by atoms with van der Waals surface area (Å²) in [5.74, 6) is 0. The Morgan fingerprint density at radius 1 is 1.19 bits per heavy atom. The van der Waals surface area contributed by atoms with Crippen molar-refractivity contribution in [3.8, 4) is 0 Å². The number of rotatable bonds is 1. The number of pyridine rings is 1. The maximum atomic E-state index is 12.5. The van der Waals surface area contributed by atoms with E-state index in [0.29, 0.717) is 17.3 Å². The molecule has 0 aliphatic rings. The van der Waals surface area contributed by atoms with E-state index >= 15 is 0 Å². The van der Waals surface area contributed by atoms with Gasteiger partial charge in [-0.3, -0.25) is 4.98 Å². The summed E-state index contributed by atoms with van der Waals surface area (Å²) >= 11 is 0. The van der Waals surface area contributed by atoms with Gasteiger partial charge < -0.3 is 0 Å². The fourth-order valence-electron chi connectivity index (χ4n) is 1.69. The van der Waals surface area contributed by atoms with Gasteiger partial charge in [0.1, 0.15) is 0 Å². The van der Waals surface area contributed by atoms with Crippen molar-refractivity contribution in [1.29, 1.82) is 0 Å². The van der Waals surface area contributed by atoms with Crippen molar-refractivity contribution in [2.45, 2.75) is 19.5 Å². The lowest BCUT2D eigenvalue weighted by Gasteiger charge is -2.09. The van der Waals surface area contributed by atoms with Gasteiger partial charge in [-0.05, 0) is 36.2 Å². The van der Waals surface area contributed by atoms with Crippen LogP contribution in [0.4, 0.5) is 13.2 Å². The third-order valence-electron chi connectivity index (χ3n) is 2.54. The van der Waals surface area contributed by atoms with Crippen molar-refractivity contribution in [3.05, 3.63) is 41.6 Å². The van der Waals surface area contributed by atoms with Crippen molar-refractivity contribution in [3.63, 3.8) is 0 Å². The van der Waals surface area contributed by atoms with Crippen LogP contribution in [0.2, 0.25) is 0 Å². The Bertz CT molecular complexity index is 517. The molecule has 0 N–H and O–H groups in total. The van der Waals surface area contributed by atoms with E-state index in [4.69, 9.17) is 0 Å².